The first-order valence-corrected chi connectivity index (χ1v) is 25.4. The number of fused-ring (bicyclic) bond motifs is 2. The van der Waals surface area contributed by atoms with Gasteiger partial charge in [0, 0.05) is 40.5 Å². The molecule has 8 aromatic rings. The molecule has 0 spiro atoms. The summed E-state index contributed by atoms with van der Waals surface area (Å²) in [4.78, 5) is 40.1. The quantitative estimate of drug-likeness (QED) is 0.116. The number of aliphatic hydroxyl groups excluding tert-OH is 1. The van der Waals surface area contributed by atoms with Crippen LogP contribution in [0.4, 0.5) is 11.6 Å². The van der Waals surface area contributed by atoms with Crippen molar-refractivity contribution in [3.63, 3.8) is 0 Å². The number of nitrogens with zero attached hydrogens (tertiary/aromatic N) is 4. The summed E-state index contributed by atoms with van der Waals surface area (Å²) < 4.78 is 11.8. The summed E-state index contributed by atoms with van der Waals surface area (Å²) in [6.07, 6.45) is 7.96. The lowest BCUT2D eigenvalue weighted by Gasteiger charge is -2.27. The molecule has 2 aromatic heterocycles. The third-order valence-corrected chi connectivity index (χ3v) is 12.9. The minimum absolute atomic E-state index is 0.00836. The fraction of sp³-hybridized carbons (Fsp3) is 0.270. The molecular weight excluding hydrogens is 973 g/mol. The van der Waals surface area contributed by atoms with E-state index in [0.29, 0.717) is 37.6 Å². The summed E-state index contributed by atoms with van der Waals surface area (Å²) >= 11 is 3.55. The molecule has 6 aromatic carbocycles. The predicted molar refractivity (Wildman–Crippen MR) is 304 cm³/mol. The van der Waals surface area contributed by atoms with Gasteiger partial charge in [-0.1, -0.05) is 142 Å². The first-order chi connectivity index (χ1) is 34.8. The Morgan fingerprint density at radius 1 is 0.562 bits per heavy atom. The average Bonchev–Trinajstić information content (AvgIpc) is 3.35. The number of ether oxygens (including phenoxy) is 2. The molecule has 0 saturated heterocycles. The van der Waals surface area contributed by atoms with Gasteiger partial charge in [0.1, 0.15) is 23.1 Å². The van der Waals surface area contributed by atoms with E-state index in [1.54, 1.807) is 32.7 Å². The molecule has 1 N–H and O–H groups in total. The molecule has 10 heteroatoms. The largest absolute Gasteiger partial charge is 0.496 e. The maximum absolute atomic E-state index is 13.6. The Balaban J connectivity index is 0.000000214. The maximum atomic E-state index is 13.6. The number of benzene rings is 6. The van der Waals surface area contributed by atoms with E-state index in [1.807, 2.05) is 84.3 Å². The molecule has 376 valence electrons. The monoisotopic (exact) mass is 1040 g/mol. The molecule has 9 nitrogen and oxygen atoms in total. The van der Waals surface area contributed by atoms with Gasteiger partial charge in [-0.25, -0.2) is 9.97 Å². The van der Waals surface area contributed by atoms with Gasteiger partial charge in [-0.3, -0.25) is 19.4 Å². The summed E-state index contributed by atoms with van der Waals surface area (Å²) in [6, 6.07) is 45.1. The number of halogens is 1. The van der Waals surface area contributed by atoms with Crippen LogP contribution in [0.15, 0.2) is 156 Å². The van der Waals surface area contributed by atoms with Crippen LogP contribution in [-0.2, 0) is 22.7 Å². The number of amides is 2. The number of hydrogen-bond donors (Lipinski definition) is 1. The first-order valence-electron chi connectivity index (χ1n) is 24.6. The highest BCUT2D eigenvalue weighted by atomic mass is 79.9. The summed E-state index contributed by atoms with van der Waals surface area (Å²) in [5.41, 5.74) is 9.47. The van der Waals surface area contributed by atoms with Crippen molar-refractivity contribution in [3.8, 4) is 33.8 Å². The van der Waals surface area contributed by atoms with Crippen molar-refractivity contribution in [2.75, 3.05) is 30.6 Å². The van der Waals surface area contributed by atoms with Crippen LogP contribution >= 0.6 is 15.9 Å². The van der Waals surface area contributed by atoms with E-state index in [4.69, 9.17) is 14.6 Å². The van der Waals surface area contributed by atoms with Gasteiger partial charge in [0.2, 0.25) is 11.8 Å². The van der Waals surface area contributed by atoms with Gasteiger partial charge in [0.05, 0.1) is 33.9 Å². The number of carbonyl (C=O) groups excluding carboxylic acids is 2. The van der Waals surface area contributed by atoms with Crippen LogP contribution in [-0.4, -0.2) is 47.7 Å². The number of pyridine rings is 2. The molecule has 0 saturated carbocycles. The normalized spacial score (nSPS) is 11.6. The fourth-order valence-corrected chi connectivity index (χ4v) is 9.16. The molecule has 8 rings (SSSR count). The first kappa shape index (κ1) is 53.7. The van der Waals surface area contributed by atoms with E-state index >= 15 is 0 Å². The topological polar surface area (TPSA) is 105 Å². The van der Waals surface area contributed by atoms with E-state index in [9.17, 15) is 9.59 Å². The molecule has 0 aliphatic carbocycles. The lowest BCUT2D eigenvalue weighted by atomic mass is 9.91. The molecule has 0 bridgehead atoms. The molecule has 0 unspecified atom stereocenters. The number of aliphatic hydroxyl groups is 1. The predicted octanol–water partition coefficient (Wildman–Crippen LogP) is 15.1. The molecule has 2 heterocycles. The molecule has 2 amide bonds. The Morgan fingerprint density at radius 2 is 0.986 bits per heavy atom. The van der Waals surface area contributed by atoms with Crippen molar-refractivity contribution in [3.05, 3.63) is 184 Å². The molecular formula is C63H67BrN4O5. The zero-order valence-electron chi connectivity index (χ0n) is 43.8. The third-order valence-electron chi connectivity index (χ3n) is 12.4. The van der Waals surface area contributed by atoms with Gasteiger partial charge in [0.25, 0.3) is 0 Å². The van der Waals surface area contributed by atoms with Gasteiger partial charge in [0.15, 0.2) is 0 Å². The molecule has 0 aliphatic heterocycles. The van der Waals surface area contributed by atoms with Gasteiger partial charge >= 0.3 is 0 Å². The van der Waals surface area contributed by atoms with Crippen molar-refractivity contribution in [2.24, 2.45) is 10.8 Å². The minimum Gasteiger partial charge on any atom is -0.496 e. The van der Waals surface area contributed by atoms with Crippen LogP contribution in [0.2, 0.25) is 0 Å². The smallest absolute Gasteiger partial charge is 0.229 e. The Hall–Kier alpha value is -7.14. The zero-order chi connectivity index (χ0) is 52.5. The van der Waals surface area contributed by atoms with Crippen molar-refractivity contribution >= 4 is 67.0 Å². The Labute approximate surface area is 439 Å². The average molecular weight is 1040 g/mol. The van der Waals surface area contributed by atoms with E-state index < -0.39 is 0 Å². The number of anilines is 2. The summed E-state index contributed by atoms with van der Waals surface area (Å²) in [5.74, 6) is 3.21. The highest BCUT2D eigenvalue weighted by molar-refractivity contribution is 9.10. The van der Waals surface area contributed by atoms with Crippen molar-refractivity contribution in [1.82, 2.24) is 9.97 Å². The van der Waals surface area contributed by atoms with Gasteiger partial charge in [-0.2, -0.15) is 0 Å². The Kier molecular flexibility index (Phi) is 17.3. The van der Waals surface area contributed by atoms with Crippen LogP contribution in [0.5, 0.6) is 11.5 Å². The molecule has 0 aliphatic rings. The van der Waals surface area contributed by atoms with Crippen LogP contribution in [0.3, 0.4) is 0 Å². The Bertz CT molecular complexity index is 3240. The van der Waals surface area contributed by atoms with E-state index in [0.717, 1.165) is 87.6 Å². The highest BCUT2D eigenvalue weighted by Crippen LogP contribution is 2.34. The van der Waals surface area contributed by atoms with E-state index in [2.05, 4.69) is 146 Å². The molecule has 0 fully saturated rings. The second-order valence-electron chi connectivity index (χ2n) is 20.9. The number of rotatable bonds is 14. The van der Waals surface area contributed by atoms with Crippen LogP contribution in [0.1, 0.15) is 82.2 Å². The number of aromatic nitrogens is 2. The zero-order valence-corrected chi connectivity index (χ0v) is 45.4. The summed E-state index contributed by atoms with van der Waals surface area (Å²) in [5, 5.41) is 13.0. The van der Waals surface area contributed by atoms with Gasteiger partial charge in [-0.15, -0.1) is 0 Å². The molecule has 0 radical (unpaired) electrons. The lowest BCUT2D eigenvalue weighted by molar-refractivity contribution is -0.121. The van der Waals surface area contributed by atoms with Crippen molar-refractivity contribution < 1.29 is 24.2 Å². The standard InChI is InChI=1S/C33H36N2O3.C30H31BrN2O2/c1-23-19-27(13-15-30(23)38-5)26-11-8-25(9-12-26)22-35(31(37)21-33(2,3)4)32-29-14-10-24(7-6-18-36)20-28(29)16-17-34-32;1-20-16-23(10-13-27(20)35-5)22-8-6-21(7-9-22)19-33(28(34)18-30(2,3)4)29-26-12-11-25(31)17-24(26)14-15-32-29/h6-17,19-20,36H,18,21-22H2,1-5H3;6-17H,18-19H2,1-5H3/b7-6+;. The van der Waals surface area contributed by atoms with E-state index in [-0.39, 0.29) is 29.3 Å². The third kappa shape index (κ3) is 14.1. The van der Waals surface area contributed by atoms with Crippen molar-refractivity contribution in [1.29, 1.82) is 0 Å². The van der Waals surface area contributed by atoms with Crippen LogP contribution in [0.25, 0.3) is 49.9 Å². The number of hydrogen-bond acceptors (Lipinski definition) is 7. The SMILES string of the molecule is COc1ccc(-c2ccc(CN(C(=O)CC(C)(C)C)c3nccc4cc(/C=C/CO)ccc34)cc2)cc1C.COc1ccc(-c2ccc(CN(C(=O)CC(C)(C)C)c3nccc4cc(Br)ccc34)cc2)cc1C. The van der Waals surface area contributed by atoms with Crippen LogP contribution < -0.4 is 19.3 Å². The second-order valence-corrected chi connectivity index (χ2v) is 21.8. The molecule has 0 atom stereocenters. The molecule has 73 heavy (non-hydrogen) atoms. The minimum atomic E-state index is -0.155. The number of carbonyl (C=O) groups is 2. The summed E-state index contributed by atoms with van der Waals surface area (Å²) in [6.45, 7) is 17.4. The summed E-state index contributed by atoms with van der Waals surface area (Å²) in [7, 11) is 3.37. The van der Waals surface area contributed by atoms with Gasteiger partial charge < -0.3 is 14.6 Å². The van der Waals surface area contributed by atoms with E-state index in [1.165, 1.54) is 0 Å². The fourth-order valence-electron chi connectivity index (χ4n) is 8.78. The maximum Gasteiger partial charge on any atom is 0.229 e. The Morgan fingerprint density at radius 3 is 1.40 bits per heavy atom. The van der Waals surface area contributed by atoms with Crippen LogP contribution in [0, 0.1) is 24.7 Å². The van der Waals surface area contributed by atoms with Crippen molar-refractivity contribution in [2.45, 2.75) is 81.3 Å². The number of aryl methyl sites for hydroxylation is 2. The number of methoxy groups -OCH3 is 2. The second kappa shape index (κ2) is 23.6. The van der Waals surface area contributed by atoms with Gasteiger partial charge in [-0.05, 0) is 146 Å². The highest BCUT2D eigenvalue weighted by Gasteiger charge is 2.27. The lowest BCUT2D eigenvalue weighted by Crippen LogP contribution is -2.34.